The van der Waals surface area contributed by atoms with Gasteiger partial charge in [0, 0.05) is 53.1 Å². The van der Waals surface area contributed by atoms with Crippen LogP contribution in [0.25, 0.3) is 22.4 Å². The lowest BCUT2D eigenvalue weighted by atomic mass is 9.79. The van der Waals surface area contributed by atoms with Crippen LogP contribution < -0.4 is 10.2 Å². The van der Waals surface area contributed by atoms with Gasteiger partial charge in [0.15, 0.2) is 5.82 Å². The summed E-state index contributed by atoms with van der Waals surface area (Å²) >= 11 is 0. The Balaban J connectivity index is 1.61. The van der Waals surface area contributed by atoms with Gasteiger partial charge < -0.3 is 15.3 Å². The van der Waals surface area contributed by atoms with Gasteiger partial charge >= 0.3 is 0 Å². The van der Waals surface area contributed by atoms with Gasteiger partial charge in [-0.2, -0.15) is 5.10 Å². The minimum absolute atomic E-state index is 0.0252. The van der Waals surface area contributed by atoms with Crippen molar-refractivity contribution in [3.8, 4) is 28.1 Å². The van der Waals surface area contributed by atoms with Crippen LogP contribution in [-0.2, 0) is 0 Å². The van der Waals surface area contributed by atoms with E-state index >= 15 is 0 Å². The number of nitrogens with zero attached hydrogens (tertiary/aromatic N) is 4. The van der Waals surface area contributed by atoms with Crippen molar-refractivity contribution in [2.24, 2.45) is 0 Å². The highest BCUT2D eigenvalue weighted by Gasteiger charge is 2.39. The minimum Gasteiger partial charge on any atom is -0.507 e. The fraction of sp³-hybridized carbons (Fsp3) is 0.435. The molecule has 0 atom stereocenters. The fourth-order valence-electron chi connectivity index (χ4n) is 4.77. The van der Waals surface area contributed by atoms with Crippen molar-refractivity contribution in [2.75, 3.05) is 11.9 Å². The second-order valence-electron chi connectivity index (χ2n) is 9.68. The van der Waals surface area contributed by atoms with Gasteiger partial charge in [-0.05, 0) is 58.7 Å². The first-order valence-electron chi connectivity index (χ1n) is 10.4. The molecular formula is C23H29FN6O. The van der Waals surface area contributed by atoms with Gasteiger partial charge in [0.05, 0.1) is 11.9 Å². The van der Waals surface area contributed by atoms with Crippen LogP contribution in [-0.4, -0.2) is 49.7 Å². The average Bonchev–Trinajstić information content (AvgIpc) is 3.20. The zero-order valence-corrected chi connectivity index (χ0v) is 18.6. The highest BCUT2D eigenvalue weighted by Crippen LogP contribution is 2.36. The highest BCUT2D eigenvalue weighted by atomic mass is 19.1. The zero-order chi connectivity index (χ0) is 22.4. The largest absolute Gasteiger partial charge is 0.507 e. The number of anilines is 1. The van der Waals surface area contributed by atoms with Crippen LogP contribution in [0.3, 0.4) is 0 Å². The molecule has 0 bridgehead atoms. The Morgan fingerprint density at radius 3 is 2.35 bits per heavy atom. The van der Waals surface area contributed by atoms with Gasteiger partial charge in [0.25, 0.3) is 0 Å². The quantitative estimate of drug-likeness (QED) is 0.584. The Kier molecular flexibility index (Phi) is 5.21. The van der Waals surface area contributed by atoms with Gasteiger partial charge in [0.1, 0.15) is 11.6 Å². The predicted molar refractivity (Wildman–Crippen MR) is 119 cm³/mol. The summed E-state index contributed by atoms with van der Waals surface area (Å²) in [5.41, 5.74) is 1.88. The third kappa shape index (κ3) is 4.39. The van der Waals surface area contributed by atoms with Crippen molar-refractivity contribution >= 4 is 5.82 Å². The lowest BCUT2D eigenvalue weighted by Gasteiger charge is -2.49. The number of hydrogen-bond donors (Lipinski definition) is 3. The van der Waals surface area contributed by atoms with Gasteiger partial charge in [-0.25, -0.2) is 4.39 Å². The fourth-order valence-corrected chi connectivity index (χ4v) is 4.77. The molecule has 3 heterocycles. The molecule has 8 heteroatoms. The molecule has 0 spiro atoms. The zero-order valence-electron chi connectivity index (χ0n) is 18.6. The van der Waals surface area contributed by atoms with Crippen molar-refractivity contribution in [1.82, 2.24) is 25.7 Å². The Morgan fingerprint density at radius 2 is 1.77 bits per heavy atom. The van der Waals surface area contributed by atoms with Crippen LogP contribution >= 0.6 is 0 Å². The highest BCUT2D eigenvalue weighted by molar-refractivity contribution is 5.75. The second-order valence-corrected chi connectivity index (χ2v) is 9.68. The first-order valence-corrected chi connectivity index (χ1v) is 10.4. The number of H-pyrrole nitrogens is 1. The maximum Gasteiger partial charge on any atom is 0.151 e. The van der Waals surface area contributed by atoms with E-state index in [0.717, 1.165) is 24.7 Å². The molecule has 4 rings (SSSR count). The molecule has 3 aromatic rings. The van der Waals surface area contributed by atoms with Crippen molar-refractivity contribution < 1.29 is 9.50 Å². The number of phenolic OH excluding ortho intramolecular Hbond substituents is 1. The number of aromatic nitrogens is 4. The number of benzene rings is 1. The average molecular weight is 425 g/mol. The molecule has 0 unspecified atom stereocenters. The van der Waals surface area contributed by atoms with E-state index in [4.69, 9.17) is 0 Å². The molecule has 1 aliphatic heterocycles. The molecule has 1 saturated heterocycles. The van der Waals surface area contributed by atoms with E-state index in [0.29, 0.717) is 28.4 Å². The van der Waals surface area contributed by atoms with Gasteiger partial charge in [-0.3, -0.25) is 5.10 Å². The minimum atomic E-state index is -0.525. The third-order valence-corrected chi connectivity index (χ3v) is 5.90. The van der Waals surface area contributed by atoms with Crippen LogP contribution in [0.15, 0.2) is 36.7 Å². The van der Waals surface area contributed by atoms with Gasteiger partial charge in [-0.15, -0.1) is 10.2 Å². The third-order valence-electron chi connectivity index (χ3n) is 5.90. The van der Waals surface area contributed by atoms with E-state index in [2.05, 4.69) is 58.3 Å². The summed E-state index contributed by atoms with van der Waals surface area (Å²) in [4.78, 5) is 2.17. The number of phenols is 1. The number of aromatic amines is 1. The topological polar surface area (TPSA) is 90.0 Å². The molecule has 0 aliphatic carbocycles. The Labute approximate surface area is 181 Å². The Bertz CT molecular complexity index is 1050. The summed E-state index contributed by atoms with van der Waals surface area (Å²) < 4.78 is 14.4. The molecule has 1 aromatic carbocycles. The second kappa shape index (κ2) is 7.60. The lowest BCUT2D eigenvalue weighted by Crippen LogP contribution is -2.62. The molecule has 0 saturated carbocycles. The standard InChI is InChI=1S/C23H29FN6O/c1-22(2)10-15(11-23(3,4)29-22)30(5)21-7-6-19(27-28-21)17-8-16(14-12-25-26-13-14)18(24)9-20(17)31/h6-9,12-13,15,29,31H,10-11H2,1-5H3,(H,25,26). The van der Waals surface area contributed by atoms with Crippen LogP contribution in [0.5, 0.6) is 5.75 Å². The number of hydrogen-bond acceptors (Lipinski definition) is 6. The number of rotatable bonds is 4. The van der Waals surface area contributed by atoms with E-state index < -0.39 is 5.82 Å². The smallest absolute Gasteiger partial charge is 0.151 e. The predicted octanol–water partition coefficient (Wildman–Crippen LogP) is 4.12. The van der Waals surface area contributed by atoms with E-state index in [1.54, 1.807) is 12.3 Å². The summed E-state index contributed by atoms with van der Waals surface area (Å²) in [5.74, 6) is 0.0593. The Morgan fingerprint density at radius 1 is 1.06 bits per heavy atom. The molecule has 1 fully saturated rings. The van der Waals surface area contributed by atoms with E-state index in [1.807, 2.05) is 19.2 Å². The lowest BCUT2D eigenvalue weighted by molar-refractivity contribution is 0.160. The van der Waals surface area contributed by atoms with E-state index in [9.17, 15) is 9.50 Å². The Hall–Kier alpha value is -3.00. The summed E-state index contributed by atoms with van der Waals surface area (Å²) in [6.07, 6.45) is 5.11. The molecule has 164 valence electrons. The number of nitrogens with one attached hydrogen (secondary N) is 2. The summed E-state index contributed by atoms with van der Waals surface area (Å²) in [6.45, 7) is 8.88. The van der Waals surface area contributed by atoms with E-state index in [1.165, 1.54) is 6.20 Å². The van der Waals surface area contributed by atoms with Crippen molar-refractivity contribution in [3.05, 3.63) is 42.5 Å². The number of aromatic hydroxyl groups is 1. The number of halogens is 1. The van der Waals surface area contributed by atoms with Crippen LogP contribution in [0.1, 0.15) is 40.5 Å². The first kappa shape index (κ1) is 21.2. The molecule has 0 radical (unpaired) electrons. The molecule has 2 aromatic heterocycles. The normalized spacial score (nSPS) is 18.1. The van der Waals surface area contributed by atoms with Crippen molar-refractivity contribution in [2.45, 2.75) is 57.7 Å². The maximum absolute atomic E-state index is 14.4. The maximum atomic E-state index is 14.4. The van der Waals surface area contributed by atoms with Crippen LogP contribution in [0, 0.1) is 5.82 Å². The molecule has 7 nitrogen and oxygen atoms in total. The molecule has 31 heavy (non-hydrogen) atoms. The van der Waals surface area contributed by atoms with Crippen molar-refractivity contribution in [3.63, 3.8) is 0 Å². The number of piperidine rings is 1. The first-order chi connectivity index (χ1) is 14.5. The molecule has 0 amide bonds. The van der Waals surface area contributed by atoms with Gasteiger partial charge in [0.2, 0.25) is 0 Å². The summed E-state index contributed by atoms with van der Waals surface area (Å²) in [7, 11) is 2.04. The van der Waals surface area contributed by atoms with Crippen LogP contribution in [0.2, 0.25) is 0 Å². The van der Waals surface area contributed by atoms with Crippen molar-refractivity contribution in [1.29, 1.82) is 0 Å². The molecular weight excluding hydrogens is 395 g/mol. The molecule has 3 N–H and O–H groups in total. The molecule has 1 aliphatic rings. The van der Waals surface area contributed by atoms with Crippen LogP contribution in [0.4, 0.5) is 10.2 Å². The van der Waals surface area contributed by atoms with E-state index in [-0.39, 0.29) is 16.8 Å². The summed E-state index contributed by atoms with van der Waals surface area (Å²) in [6, 6.07) is 6.69. The van der Waals surface area contributed by atoms with Gasteiger partial charge in [-0.1, -0.05) is 0 Å². The summed E-state index contributed by atoms with van der Waals surface area (Å²) in [5, 5.41) is 29.3. The SMILES string of the molecule is CN(c1ccc(-c2cc(-c3cn[nH]c3)c(F)cc2O)nn1)C1CC(C)(C)NC(C)(C)C1. The monoisotopic (exact) mass is 424 g/mol.